The second kappa shape index (κ2) is 12.6. The molecule has 30 heavy (non-hydrogen) atoms. The van der Waals surface area contributed by atoms with E-state index < -0.39 is 18.0 Å². The van der Waals surface area contributed by atoms with Gasteiger partial charge in [0, 0.05) is 24.2 Å². The maximum atomic E-state index is 13.0. The first-order valence-corrected chi connectivity index (χ1v) is 10.4. The lowest BCUT2D eigenvalue weighted by molar-refractivity contribution is -0.122. The molecule has 162 valence electrons. The predicted molar refractivity (Wildman–Crippen MR) is 117 cm³/mol. The summed E-state index contributed by atoms with van der Waals surface area (Å²) in [5.41, 5.74) is 11.2. The first-order chi connectivity index (χ1) is 14.5. The van der Waals surface area contributed by atoms with E-state index >= 15 is 0 Å². The van der Waals surface area contributed by atoms with Crippen LogP contribution in [-0.2, 0) is 9.59 Å². The molecule has 0 heterocycles. The molecule has 6 N–H and O–H groups in total. The van der Waals surface area contributed by atoms with E-state index in [0.29, 0.717) is 24.9 Å². The van der Waals surface area contributed by atoms with Crippen LogP contribution in [0.2, 0.25) is 0 Å². The number of guanidine groups is 1. The van der Waals surface area contributed by atoms with Crippen LogP contribution < -0.4 is 22.1 Å². The van der Waals surface area contributed by atoms with Crippen molar-refractivity contribution in [2.75, 3.05) is 6.54 Å². The number of ketones is 1. The number of benzene rings is 1. The van der Waals surface area contributed by atoms with Gasteiger partial charge in [0.2, 0.25) is 5.91 Å². The predicted octanol–water partition coefficient (Wildman–Crippen LogP) is 1.09. The summed E-state index contributed by atoms with van der Waals surface area (Å²) < 4.78 is 0. The van der Waals surface area contributed by atoms with Crippen molar-refractivity contribution in [1.29, 1.82) is 0 Å². The number of nitrogens with two attached hydrogens (primary N) is 2. The van der Waals surface area contributed by atoms with Gasteiger partial charge in [-0.15, -0.1) is 0 Å². The molecule has 1 aliphatic rings. The van der Waals surface area contributed by atoms with Gasteiger partial charge in [0.1, 0.15) is 12.0 Å². The zero-order valence-corrected chi connectivity index (χ0v) is 17.2. The van der Waals surface area contributed by atoms with Gasteiger partial charge in [0.05, 0.1) is 6.04 Å². The van der Waals surface area contributed by atoms with Crippen molar-refractivity contribution in [3.05, 3.63) is 42.0 Å². The number of hydrogen-bond acceptors (Lipinski definition) is 5. The minimum absolute atomic E-state index is 0.0159. The molecule has 1 fully saturated rings. The molecule has 2 atom stereocenters. The Hall–Kier alpha value is -2.96. The van der Waals surface area contributed by atoms with E-state index in [-0.39, 0.29) is 17.8 Å². The summed E-state index contributed by atoms with van der Waals surface area (Å²) in [6.07, 6.45) is 7.36. The highest BCUT2D eigenvalue weighted by molar-refractivity contribution is 6.02. The second-order valence-corrected chi connectivity index (χ2v) is 7.50. The van der Waals surface area contributed by atoms with E-state index in [1.807, 2.05) is 6.07 Å². The molecule has 2 rings (SSSR count). The largest absolute Gasteiger partial charge is 0.370 e. The monoisotopic (exact) mass is 413 g/mol. The number of carbonyl (C=O) groups is 2. The molecule has 1 aliphatic carbocycles. The van der Waals surface area contributed by atoms with Crippen molar-refractivity contribution in [1.82, 2.24) is 10.6 Å². The van der Waals surface area contributed by atoms with Crippen LogP contribution in [0.1, 0.15) is 55.3 Å². The minimum Gasteiger partial charge on any atom is -0.370 e. The first kappa shape index (κ1) is 23.3. The Morgan fingerprint density at radius 2 is 1.87 bits per heavy atom. The zero-order valence-electron chi connectivity index (χ0n) is 17.2. The molecule has 0 saturated heterocycles. The highest BCUT2D eigenvalue weighted by Gasteiger charge is 2.27. The van der Waals surface area contributed by atoms with Crippen LogP contribution in [0.15, 0.2) is 41.4 Å². The zero-order chi connectivity index (χ0) is 21.8. The fraction of sp³-hybridized carbons (Fsp3) is 0.500. The second-order valence-electron chi connectivity index (χ2n) is 7.50. The topological polar surface area (TPSA) is 140 Å². The smallest absolute Gasteiger partial charge is 0.242 e. The summed E-state index contributed by atoms with van der Waals surface area (Å²) >= 11 is 0. The van der Waals surface area contributed by atoms with Gasteiger partial charge in [-0.25, -0.2) is 4.79 Å². The molecular weight excluding hydrogens is 382 g/mol. The molecule has 0 bridgehead atoms. The molecule has 1 saturated carbocycles. The summed E-state index contributed by atoms with van der Waals surface area (Å²) in [4.78, 5) is 40.8. The summed E-state index contributed by atoms with van der Waals surface area (Å²) in [6, 6.07) is 7.38. The lowest BCUT2D eigenvalue weighted by Crippen LogP contribution is -2.52. The Kier molecular flexibility index (Phi) is 9.77. The van der Waals surface area contributed by atoms with Crippen LogP contribution in [0, 0.1) is 0 Å². The Morgan fingerprint density at radius 3 is 2.50 bits per heavy atom. The molecule has 0 unspecified atom stereocenters. The first-order valence-electron chi connectivity index (χ1n) is 10.4. The molecular formula is C22H31N5O3. The van der Waals surface area contributed by atoms with Crippen LogP contribution in [0.3, 0.4) is 0 Å². The molecule has 0 spiro atoms. The van der Waals surface area contributed by atoms with E-state index in [1.54, 1.807) is 30.2 Å². The Morgan fingerprint density at radius 1 is 1.17 bits per heavy atom. The third kappa shape index (κ3) is 7.81. The average Bonchev–Trinajstić information content (AvgIpc) is 2.76. The maximum Gasteiger partial charge on any atom is 0.242 e. The van der Waals surface area contributed by atoms with Crippen molar-refractivity contribution in [3.8, 4) is 0 Å². The quantitative estimate of drug-likeness (QED) is 0.141. The van der Waals surface area contributed by atoms with Crippen molar-refractivity contribution in [2.45, 2.75) is 63.1 Å². The summed E-state index contributed by atoms with van der Waals surface area (Å²) in [6.45, 7) is 0.356. The van der Waals surface area contributed by atoms with Crippen LogP contribution in [0.25, 0.3) is 0 Å². The van der Waals surface area contributed by atoms with E-state index in [4.69, 9.17) is 11.5 Å². The molecule has 1 aromatic carbocycles. The van der Waals surface area contributed by atoms with E-state index in [0.717, 1.165) is 25.7 Å². The number of amides is 1. The van der Waals surface area contributed by atoms with Gasteiger partial charge in [0.25, 0.3) is 0 Å². The molecule has 1 aromatic rings. The van der Waals surface area contributed by atoms with Crippen LogP contribution >= 0.6 is 0 Å². The van der Waals surface area contributed by atoms with Crippen LogP contribution in [-0.4, -0.2) is 48.3 Å². The maximum absolute atomic E-state index is 13.0. The van der Waals surface area contributed by atoms with Crippen LogP contribution in [0.5, 0.6) is 0 Å². The van der Waals surface area contributed by atoms with Gasteiger partial charge in [-0.2, -0.15) is 0 Å². The Labute approximate surface area is 177 Å². The summed E-state index contributed by atoms with van der Waals surface area (Å²) in [5, 5.41) is 6.03. The number of nitrogens with one attached hydrogen (secondary N) is 2. The van der Waals surface area contributed by atoms with Gasteiger partial charge in [-0.3, -0.25) is 19.9 Å². The number of nitrogens with zero attached hydrogens (tertiary/aromatic N) is 1. The van der Waals surface area contributed by atoms with Gasteiger partial charge in [-0.05, 0) is 25.7 Å². The van der Waals surface area contributed by atoms with E-state index in [2.05, 4.69) is 15.6 Å². The van der Waals surface area contributed by atoms with E-state index in [1.165, 1.54) is 12.5 Å². The van der Waals surface area contributed by atoms with Crippen LogP contribution in [0.4, 0.5) is 0 Å². The van der Waals surface area contributed by atoms with E-state index in [9.17, 15) is 14.4 Å². The fourth-order valence-corrected chi connectivity index (χ4v) is 3.63. The number of hydrogen-bond donors (Lipinski definition) is 4. The lowest BCUT2D eigenvalue weighted by Gasteiger charge is -2.27. The molecule has 1 amide bonds. The van der Waals surface area contributed by atoms with Gasteiger partial charge in [-0.1, -0.05) is 49.6 Å². The molecule has 8 nitrogen and oxygen atoms in total. The fourth-order valence-electron chi connectivity index (χ4n) is 3.63. The Balaban J connectivity index is 2.08. The molecule has 8 heteroatoms. The number of rotatable bonds is 11. The SMILES string of the molecule is NC(N)=NCCC[C@H](NC(=O)[C@H](C=C=O)NC1CCCCC1)C(=O)c1ccccc1. The Bertz CT molecular complexity index is 764. The van der Waals surface area contributed by atoms with Gasteiger partial charge in [0.15, 0.2) is 11.7 Å². The average molecular weight is 414 g/mol. The standard InChI is InChI=1S/C22H31N5O3/c23-22(24)25-14-7-12-18(20(29)16-8-3-1-4-9-16)27-21(30)19(13-15-28)26-17-10-5-2-6-11-17/h1,3-4,8-9,13,17-19,26H,2,5-7,10-12,14H2,(H,27,30)(H4,23,24,25)/t18-,19-/m0/s1. The summed E-state index contributed by atoms with van der Waals surface area (Å²) in [7, 11) is 0. The normalized spacial score (nSPS) is 16.0. The molecule has 0 aliphatic heterocycles. The number of carbonyl (C=O) groups excluding carboxylic acids is 3. The minimum atomic E-state index is -0.825. The van der Waals surface area contributed by atoms with Crippen molar-refractivity contribution >= 4 is 23.6 Å². The number of aliphatic imine (C=N–C) groups is 1. The lowest BCUT2D eigenvalue weighted by atomic mass is 9.94. The van der Waals surface area contributed by atoms with Crippen molar-refractivity contribution in [2.24, 2.45) is 16.5 Å². The third-order valence-corrected chi connectivity index (χ3v) is 5.17. The molecule has 0 aromatic heterocycles. The summed E-state index contributed by atoms with van der Waals surface area (Å²) in [5.74, 6) is 1.08. The van der Waals surface area contributed by atoms with Gasteiger partial charge >= 0.3 is 0 Å². The van der Waals surface area contributed by atoms with Crippen molar-refractivity contribution in [3.63, 3.8) is 0 Å². The molecule has 0 radical (unpaired) electrons. The van der Waals surface area contributed by atoms with Crippen molar-refractivity contribution < 1.29 is 14.4 Å². The highest BCUT2D eigenvalue weighted by Crippen LogP contribution is 2.18. The third-order valence-electron chi connectivity index (χ3n) is 5.17. The highest BCUT2D eigenvalue weighted by atomic mass is 16.2. The van der Waals surface area contributed by atoms with Gasteiger partial charge < -0.3 is 16.8 Å². The number of Topliss-reactive ketones (excluding diaryl/α,β-unsaturated/α-hetero) is 1.